The van der Waals surface area contributed by atoms with Gasteiger partial charge in [-0.3, -0.25) is 15.0 Å². The molecular formula is C15H23N3O2. The first-order valence-corrected chi connectivity index (χ1v) is 7.20. The zero-order valence-corrected chi connectivity index (χ0v) is 12.5. The molecule has 0 radical (unpaired) electrons. The van der Waals surface area contributed by atoms with Crippen molar-refractivity contribution in [2.75, 3.05) is 25.0 Å². The van der Waals surface area contributed by atoms with Crippen LogP contribution in [0.3, 0.4) is 0 Å². The number of non-ortho nitro benzene ring substituents is 1. The summed E-state index contributed by atoms with van der Waals surface area (Å²) in [5.74, 6) is 0. The zero-order chi connectivity index (χ0) is 14.7. The third kappa shape index (κ3) is 3.28. The summed E-state index contributed by atoms with van der Waals surface area (Å²) in [7, 11) is 2.05. The number of rotatable bonds is 5. The standard InChI is InChI=1S/C15H23N3O2/c1-12(2)17-10-4-5-15(17)11-16(3)13-6-8-14(9-7-13)18(19)20/h6-9,12,15H,4-5,10-11H2,1-3H3. The molecule has 0 bridgehead atoms. The minimum absolute atomic E-state index is 0.145. The highest BCUT2D eigenvalue weighted by Gasteiger charge is 2.27. The molecule has 2 rings (SSSR count). The van der Waals surface area contributed by atoms with Crippen LogP contribution in [0.4, 0.5) is 11.4 Å². The Bertz CT molecular complexity index is 459. The SMILES string of the molecule is CC(C)N1CCCC1CN(C)c1ccc([N+](=O)[O-])cc1. The first-order valence-electron chi connectivity index (χ1n) is 7.20. The molecule has 1 aromatic carbocycles. The number of likely N-dealkylation sites (tertiary alicyclic amines) is 1. The van der Waals surface area contributed by atoms with E-state index in [9.17, 15) is 10.1 Å². The summed E-state index contributed by atoms with van der Waals surface area (Å²) in [5.41, 5.74) is 1.18. The quantitative estimate of drug-likeness (QED) is 0.613. The van der Waals surface area contributed by atoms with Gasteiger partial charge in [0.15, 0.2) is 0 Å². The Morgan fingerprint density at radius 2 is 2.05 bits per heavy atom. The Labute approximate surface area is 120 Å². The van der Waals surface area contributed by atoms with Crippen LogP contribution in [-0.4, -0.2) is 42.0 Å². The molecule has 0 aromatic heterocycles. The summed E-state index contributed by atoms with van der Waals surface area (Å²) >= 11 is 0. The van der Waals surface area contributed by atoms with Crippen molar-refractivity contribution < 1.29 is 4.92 Å². The van der Waals surface area contributed by atoms with Crippen LogP contribution in [-0.2, 0) is 0 Å². The topological polar surface area (TPSA) is 49.6 Å². The minimum atomic E-state index is -0.360. The summed E-state index contributed by atoms with van der Waals surface area (Å²) in [6.07, 6.45) is 2.49. The van der Waals surface area contributed by atoms with Gasteiger partial charge in [0.05, 0.1) is 4.92 Å². The van der Waals surface area contributed by atoms with Gasteiger partial charge in [-0.25, -0.2) is 0 Å². The maximum absolute atomic E-state index is 10.7. The second-order valence-electron chi connectivity index (χ2n) is 5.78. The Kier molecular flexibility index (Phi) is 4.60. The Morgan fingerprint density at radius 1 is 1.40 bits per heavy atom. The number of nitrogens with zero attached hydrogens (tertiary/aromatic N) is 3. The second-order valence-corrected chi connectivity index (χ2v) is 5.78. The lowest BCUT2D eigenvalue weighted by Gasteiger charge is -2.32. The van der Waals surface area contributed by atoms with E-state index < -0.39 is 0 Å². The molecule has 110 valence electrons. The molecule has 1 atom stereocenters. The lowest BCUT2D eigenvalue weighted by molar-refractivity contribution is -0.384. The van der Waals surface area contributed by atoms with Gasteiger partial charge in [-0.1, -0.05) is 0 Å². The smallest absolute Gasteiger partial charge is 0.269 e. The summed E-state index contributed by atoms with van der Waals surface area (Å²) in [5, 5.41) is 10.7. The minimum Gasteiger partial charge on any atom is -0.373 e. The van der Waals surface area contributed by atoms with Crippen LogP contribution in [0.2, 0.25) is 0 Å². The highest BCUT2D eigenvalue weighted by Crippen LogP contribution is 2.24. The maximum atomic E-state index is 10.7. The van der Waals surface area contributed by atoms with E-state index in [0.717, 1.165) is 12.2 Å². The van der Waals surface area contributed by atoms with Crippen LogP contribution in [0.1, 0.15) is 26.7 Å². The summed E-state index contributed by atoms with van der Waals surface area (Å²) < 4.78 is 0. The van der Waals surface area contributed by atoms with Gasteiger partial charge in [0.2, 0.25) is 0 Å². The molecule has 0 aliphatic carbocycles. The van der Waals surface area contributed by atoms with E-state index in [1.165, 1.54) is 19.4 Å². The Hall–Kier alpha value is -1.62. The van der Waals surface area contributed by atoms with E-state index in [2.05, 4.69) is 30.7 Å². The van der Waals surface area contributed by atoms with Gasteiger partial charge in [-0.05, 0) is 45.4 Å². The number of benzene rings is 1. The third-order valence-corrected chi connectivity index (χ3v) is 4.07. The molecule has 5 heteroatoms. The Morgan fingerprint density at radius 3 is 2.60 bits per heavy atom. The predicted octanol–water partition coefficient (Wildman–Crippen LogP) is 2.90. The summed E-state index contributed by atoms with van der Waals surface area (Å²) in [6.45, 7) is 6.63. The van der Waals surface area contributed by atoms with Crippen molar-refractivity contribution in [3.05, 3.63) is 34.4 Å². The van der Waals surface area contributed by atoms with E-state index in [-0.39, 0.29) is 10.6 Å². The summed E-state index contributed by atoms with van der Waals surface area (Å²) in [4.78, 5) is 15.0. The van der Waals surface area contributed by atoms with Gasteiger partial charge in [0, 0.05) is 43.5 Å². The molecule has 1 aliphatic heterocycles. The molecule has 20 heavy (non-hydrogen) atoms. The molecule has 0 amide bonds. The molecule has 1 aromatic rings. The largest absolute Gasteiger partial charge is 0.373 e. The van der Waals surface area contributed by atoms with E-state index in [1.807, 2.05) is 12.1 Å². The van der Waals surface area contributed by atoms with Gasteiger partial charge in [-0.2, -0.15) is 0 Å². The lowest BCUT2D eigenvalue weighted by Crippen LogP contribution is -2.42. The number of likely N-dealkylation sites (N-methyl/N-ethyl adjacent to an activating group) is 1. The fraction of sp³-hybridized carbons (Fsp3) is 0.600. The predicted molar refractivity (Wildman–Crippen MR) is 81.2 cm³/mol. The zero-order valence-electron chi connectivity index (χ0n) is 12.5. The third-order valence-electron chi connectivity index (χ3n) is 4.07. The average Bonchev–Trinajstić information content (AvgIpc) is 2.87. The summed E-state index contributed by atoms with van der Waals surface area (Å²) in [6, 6.07) is 7.95. The van der Waals surface area contributed by atoms with Crippen molar-refractivity contribution >= 4 is 11.4 Å². The van der Waals surface area contributed by atoms with E-state index >= 15 is 0 Å². The van der Waals surface area contributed by atoms with E-state index in [1.54, 1.807) is 12.1 Å². The highest BCUT2D eigenvalue weighted by atomic mass is 16.6. The van der Waals surface area contributed by atoms with Gasteiger partial charge in [0.1, 0.15) is 0 Å². The lowest BCUT2D eigenvalue weighted by atomic mass is 10.1. The van der Waals surface area contributed by atoms with Crippen LogP contribution in [0.25, 0.3) is 0 Å². The van der Waals surface area contributed by atoms with Crippen molar-refractivity contribution in [1.29, 1.82) is 0 Å². The molecule has 1 unspecified atom stereocenters. The van der Waals surface area contributed by atoms with Crippen LogP contribution < -0.4 is 4.90 Å². The van der Waals surface area contributed by atoms with Crippen LogP contribution >= 0.6 is 0 Å². The van der Waals surface area contributed by atoms with Gasteiger partial charge in [0.25, 0.3) is 5.69 Å². The van der Waals surface area contributed by atoms with Gasteiger partial charge in [-0.15, -0.1) is 0 Å². The van der Waals surface area contributed by atoms with Crippen molar-refractivity contribution in [2.24, 2.45) is 0 Å². The van der Waals surface area contributed by atoms with Crippen molar-refractivity contribution in [2.45, 2.75) is 38.8 Å². The number of nitro groups is 1. The Balaban J connectivity index is 2.00. The molecule has 0 saturated carbocycles. The molecule has 1 fully saturated rings. The normalized spacial score (nSPS) is 19.5. The fourth-order valence-corrected chi connectivity index (χ4v) is 2.98. The number of anilines is 1. The monoisotopic (exact) mass is 277 g/mol. The van der Waals surface area contributed by atoms with Crippen LogP contribution in [0.15, 0.2) is 24.3 Å². The van der Waals surface area contributed by atoms with Crippen molar-refractivity contribution in [3.63, 3.8) is 0 Å². The molecular weight excluding hydrogens is 254 g/mol. The maximum Gasteiger partial charge on any atom is 0.269 e. The number of hydrogen-bond donors (Lipinski definition) is 0. The van der Waals surface area contributed by atoms with Crippen LogP contribution in [0, 0.1) is 10.1 Å². The fourth-order valence-electron chi connectivity index (χ4n) is 2.98. The highest BCUT2D eigenvalue weighted by molar-refractivity contribution is 5.50. The molecule has 1 saturated heterocycles. The molecule has 5 nitrogen and oxygen atoms in total. The first-order chi connectivity index (χ1) is 9.49. The van der Waals surface area contributed by atoms with Crippen LogP contribution in [0.5, 0.6) is 0 Å². The molecule has 0 N–H and O–H groups in total. The van der Waals surface area contributed by atoms with Gasteiger partial charge < -0.3 is 4.90 Å². The number of hydrogen-bond acceptors (Lipinski definition) is 4. The average molecular weight is 277 g/mol. The van der Waals surface area contributed by atoms with Crippen molar-refractivity contribution in [1.82, 2.24) is 4.90 Å². The molecule has 0 spiro atoms. The second kappa shape index (κ2) is 6.22. The van der Waals surface area contributed by atoms with E-state index in [4.69, 9.17) is 0 Å². The number of nitro benzene ring substituents is 1. The molecule has 1 aliphatic rings. The molecule has 1 heterocycles. The first kappa shape index (κ1) is 14.8. The van der Waals surface area contributed by atoms with E-state index in [0.29, 0.717) is 12.1 Å². The van der Waals surface area contributed by atoms with Gasteiger partial charge >= 0.3 is 0 Å². The van der Waals surface area contributed by atoms with Crippen molar-refractivity contribution in [3.8, 4) is 0 Å².